The van der Waals surface area contributed by atoms with Crippen LogP contribution in [-0.2, 0) is 0 Å². The molecule has 0 aliphatic heterocycles. The number of hydrogen-bond donors (Lipinski definition) is 2. The van der Waals surface area contributed by atoms with Crippen molar-refractivity contribution in [3.05, 3.63) is 38.9 Å². The highest BCUT2D eigenvalue weighted by atomic mass is 35.5. The van der Waals surface area contributed by atoms with E-state index in [2.05, 4.69) is 15.0 Å². The smallest absolute Gasteiger partial charge is 0.422 e. The van der Waals surface area contributed by atoms with Crippen molar-refractivity contribution in [3.8, 4) is 5.88 Å². The second-order valence-electron chi connectivity index (χ2n) is 5.22. The van der Waals surface area contributed by atoms with E-state index in [1.807, 2.05) is 0 Å². The molecule has 0 aliphatic carbocycles. The molecule has 2 heterocycles. The number of aromatic nitrogens is 1. The van der Waals surface area contributed by atoms with Gasteiger partial charge in [-0.15, -0.1) is 11.3 Å². The summed E-state index contributed by atoms with van der Waals surface area (Å²) in [6.07, 6.45) is -3.52. The first-order valence-electron chi connectivity index (χ1n) is 7.06. The Morgan fingerprint density at radius 2 is 2.04 bits per heavy atom. The Labute approximate surface area is 155 Å². The number of halogens is 4. The topological polar surface area (TPSA) is 94.3 Å². The van der Waals surface area contributed by atoms with Crippen LogP contribution >= 0.6 is 22.9 Å². The molecule has 0 fully saturated rings. The van der Waals surface area contributed by atoms with Crippen LogP contribution in [0.1, 0.15) is 31.2 Å². The minimum Gasteiger partial charge on any atom is -0.467 e. The third kappa shape index (κ3) is 4.64. The van der Waals surface area contributed by atoms with Crippen LogP contribution in [0, 0.1) is 13.8 Å². The molecule has 3 N–H and O–H groups in total. The molecule has 2 aromatic rings. The van der Waals surface area contributed by atoms with Crippen molar-refractivity contribution in [3.63, 3.8) is 0 Å². The summed E-state index contributed by atoms with van der Waals surface area (Å²) < 4.78 is 41.0. The van der Waals surface area contributed by atoms with E-state index in [0.29, 0.717) is 5.56 Å². The normalized spacial score (nSPS) is 11.3. The summed E-state index contributed by atoms with van der Waals surface area (Å²) in [7, 11) is 0. The van der Waals surface area contributed by atoms with E-state index in [4.69, 9.17) is 17.3 Å². The van der Waals surface area contributed by atoms with Crippen LogP contribution in [0.25, 0.3) is 0 Å². The van der Waals surface area contributed by atoms with Gasteiger partial charge in [0.05, 0.1) is 11.1 Å². The number of nitrogens with one attached hydrogen (secondary N) is 1. The number of thiophene rings is 1. The number of ether oxygens (including phenoxy) is 1. The molecule has 2 aromatic heterocycles. The fraction of sp³-hybridized carbons (Fsp3) is 0.267. The first kappa shape index (κ1) is 20.0. The van der Waals surface area contributed by atoms with Gasteiger partial charge in [0.15, 0.2) is 6.61 Å². The molecule has 0 aliphatic rings. The van der Waals surface area contributed by atoms with E-state index in [9.17, 15) is 22.8 Å². The lowest BCUT2D eigenvalue weighted by atomic mass is 10.1. The molecule has 0 bridgehead atoms. The highest BCUT2D eigenvalue weighted by Gasteiger charge is 2.29. The van der Waals surface area contributed by atoms with Crippen molar-refractivity contribution in [2.24, 2.45) is 5.73 Å². The van der Waals surface area contributed by atoms with Gasteiger partial charge in [-0.05, 0) is 25.5 Å². The van der Waals surface area contributed by atoms with Crippen LogP contribution in [0.5, 0.6) is 5.88 Å². The zero-order valence-electron chi connectivity index (χ0n) is 13.5. The van der Waals surface area contributed by atoms with Crippen molar-refractivity contribution in [1.82, 2.24) is 4.98 Å². The van der Waals surface area contributed by atoms with Crippen molar-refractivity contribution in [1.29, 1.82) is 0 Å². The second-order valence-corrected chi connectivity index (χ2v) is 6.85. The van der Waals surface area contributed by atoms with E-state index in [1.165, 1.54) is 11.3 Å². The third-order valence-electron chi connectivity index (χ3n) is 3.30. The number of aryl methyl sites for hydroxylation is 1. The number of alkyl halides is 3. The van der Waals surface area contributed by atoms with Crippen LogP contribution in [0.3, 0.4) is 0 Å². The number of carbonyl (C=O) groups is 2. The van der Waals surface area contributed by atoms with Crippen molar-refractivity contribution >= 4 is 39.8 Å². The van der Waals surface area contributed by atoms with Crippen LogP contribution in [-0.4, -0.2) is 29.6 Å². The average Bonchev–Trinajstić information content (AvgIpc) is 2.79. The highest BCUT2D eigenvalue weighted by molar-refractivity contribution is 7.16. The number of nitrogens with zero attached hydrogens (tertiary/aromatic N) is 1. The molecule has 0 radical (unpaired) electrons. The molecule has 0 saturated heterocycles. The summed E-state index contributed by atoms with van der Waals surface area (Å²) in [6, 6.07) is 1.12. The highest BCUT2D eigenvalue weighted by Crippen LogP contribution is 2.32. The Morgan fingerprint density at radius 1 is 1.38 bits per heavy atom. The predicted molar refractivity (Wildman–Crippen MR) is 91.1 cm³/mol. The molecular formula is C15H13ClF3N3O3S. The van der Waals surface area contributed by atoms with Gasteiger partial charge < -0.3 is 15.8 Å². The van der Waals surface area contributed by atoms with Gasteiger partial charge in [-0.25, -0.2) is 4.98 Å². The Hall–Kier alpha value is -2.33. The van der Waals surface area contributed by atoms with E-state index in [1.54, 1.807) is 13.8 Å². The molecular weight excluding hydrogens is 395 g/mol. The Balaban J connectivity index is 2.20. The molecule has 0 saturated carbocycles. The first-order valence-corrected chi connectivity index (χ1v) is 8.25. The zero-order chi connectivity index (χ0) is 19.6. The SMILES string of the molecule is Cc1sc(NC(=O)c2cnc(OCC(F)(F)F)c(Cl)c2)c(C(N)=O)c1C. The van der Waals surface area contributed by atoms with Gasteiger partial charge in [-0.2, -0.15) is 13.2 Å². The lowest BCUT2D eigenvalue weighted by Crippen LogP contribution is -2.20. The number of hydrogen-bond acceptors (Lipinski definition) is 5. The maximum atomic E-state index is 12.3. The summed E-state index contributed by atoms with van der Waals surface area (Å²) in [6.45, 7) is 1.92. The Kier molecular flexibility index (Phi) is 5.77. The lowest BCUT2D eigenvalue weighted by Gasteiger charge is -2.10. The minimum absolute atomic E-state index is 0.0199. The Bertz CT molecular complexity index is 868. The standard InChI is InChI=1S/C15H13ClF3N3O3S/c1-6-7(2)26-14(10(6)11(20)23)22-12(24)8-3-9(16)13(21-4-8)25-5-15(17,18)19/h3-4H,5H2,1-2H3,(H2,20,23)(H,22,24). The monoisotopic (exact) mass is 407 g/mol. The maximum absolute atomic E-state index is 12.3. The largest absolute Gasteiger partial charge is 0.467 e. The molecule has 2 amide bonds. The van der Waals surface area contributed by atoms with Gasteiger partial charge in [0, 0.05) is 11.1 Å². The average molecular weight is 408 g/mol. The predicted octanol–water partition coefficient (Wildman–Crippen LogP) is 3.71. The number of pyridine rings is 1. The zero-order valence-corrected chi connectivity index (χ0v) is 15.1. The summed E-state index contributed by atoms with van der Waals surface area (Å²) in [5.41, 5.74) is 6.17. The first-order chi connectivity index (χ1) is 12.0. The summed E-state index contributed by atoms with van der Waals surface area (Å²) in [4.78, 5) is 28.3. The summed E-state index contributed by atoms with van der Waals surface area (Å²) in [5.74, 6) is -1.78. The molecule has 0 spiro atoms. The van der Waals surface area contributed by atoms with Crippen LogP contribution in [0.4, 0.5) is 18.2 Å². The van der Waals surface area contributed by atoms with Crippen molar-refractivity contribution < 1.29 is 27.5 Å². The van der Waals surface area contributed by atoms with Gasteiger partial charge in [0.1, 0.15) is 10.0 Å². The summed E-state index contributed by atoms with van der Waals surface area (Å²) >= 11 is 6.98. The third-order valence-corrected chi connectivity index (χ3v) is 4.69. The minimum atomic E-state index is -4.54. The molecule has 2 rings (SSSR count). The maximum Gasteiger partial charge on any atom is 0.422 e. The fourth-order valence-corrected chi connectivity index (χ4v) is 3.27. The van der Waals surface area contributed by atoms with E-state index < -0.39 is 30.5 Å². The molecule has 26 heavy (non-hydrogen) atoms. The molecule has 0 unspecified atom stereocenters. The fourth-order valence-electron chi connectivity index (χ4n) is 1.99. The molecule has 11 heteroatoms. The number of primary amides is 1. The Morgan fingerprint density at radius 3 is 2.58 bits per heavy atom. The molecule has 0 aromatic carbocycles. The second kappa shape index (κ2) is 7.50. The number of anilines is 1. The van der Waals surface area contributed by atoms with Crippen molar-refractivity contribution in [2.45, 2.75) is 20.0 Å². The molecule has 140 valence electrons. The number of rotatable bonds is 5. The van der Waals surface area contributed by atoms with Gasteiger partial charge in [0.25, 0.3) is 11.8 Å². The van der Waals surface area contributed by atoms with E-state index in [0.717, 1.165) is 17.1 Å². The van der Waals surface area contributed by atoms with Crippen LogP contribution < -0.4 is 15.8 Å². The van der Waals surface area contributed by atoms with Gasteiger partial charge in [0.2, 0.25) is 5.88 Å². The van der Waals surface area contributed by atoms with E-state index in [-0.39, 0.29) is 21.2 Å². The molecule has 0 atom stereocenters. The number of nitrogens with two attached hydrogens (primary N) is 1. The quantitative estimate of drug-likeness (QED) is 0.790. The number of carbonyl (C=O) groups excluding carboxylic acids is 2. The van der Waals surface area contributed by atoms with Gasteiger partial charge in [-0.1, -0.05) is 11.6 Å². The van der Waals surface area contributed by atoms with Crippen molar-refractivity contribution in [2.75, 3.05) is 11.9 Å². The lowest BCUT2D eigenvalue weighted by molar-refractivity contribution is -0.154. The van der Waals surface area contributed by atoms with Crippen LogP contribution in [0.15, 0.2) is 12.3 Å². The van der Waals surface area contributed by atoms with Gasteiger partial charge >= 0.3 is 6.18 Å². The summed E-state index contributed by atoms with van der Waals surface area (Å²) in [5, 5.41) is 2.55. The number of amides is 2. The van der Waals surface area contributed by atoms with E-state index >= 15 is 0 Å². The van der Waals surface area contributed by atoms with Gasteiger partial charge in [-0.3, -0.25) is 9.59 Å². The molecule has 6 nitrogen and oxygen atoms in total. The van der Waals surface area contributed by atoms with Crippen LogP contribution in [0.2, 0.25) is 5.02 Å².